The van der Waals surface area contributed by atoms with E-state index in [1.807, 2.05) is 23.0 Å². The van der Waals surface area contributed by atoms with Crippen LogP contribution in [0.1, 0.15) is 12.8 Å². The van der Waals surface area contributed by atoms with Gasteiger partial charge in [-0.2, -0.15) is 5.10 Å². The Morgan fingerprint density at radius 3 is 3.07 bits per heavy atom. The third-order valence-electron chi connectivity index (χ3n) is 2.24. The number of nitrogens with zero attached hydrogens (tertiary/aromatic N) is 2. The van der Waals surface area contributed by atoms with E-state index in [0.29, 0.717) is 0 Å². The van der Waals surface area contributed by atoms with Gasteiger partial charge in [-0.15, -0.1) is 12.3 Å². The summed E-state index contributed by atoms with van der Waals surface area (Å²) in [6, 6.07) is 8.20. The average molecular weight is 184 g/mol. The molecular weight excluding hydrogens is 172 g/mol. The molecule has 0 radical (unpaired) electrons. The molecule has 0 amide bonds. The van der Waals surface area contributed by atoms with Crippen molar-refractivity contribution in [3.63, 3.8) is 0 Å². The molecule has 0 atom stereocenters. The van der Waals surface area contributed by atoms with E-state index in [0.717, 1.165) is 19.4 Å². The lowest BCUT2D eigenvalue weighted by Crippen LogP contribution is -1.98. The minimum absolute atomic E-state index is 0.814. The molecule has 2 rings (SSSR count). The number of benzene rings is 1. The zero-order valence-corrected chi connectivity index (χ0v) is 7.98. The van der Waals surface area contributed by atoms with E-state index in [1.165, 1.54) is 10.9 Å². The molecule has 0 bridgehead atoms. The van der Waals surface area contributed by atoms with Crippen molar-refractivity contribution in [2.75, 3.05) is 0 Å². The molecular formula is C12H12N2. The van der Waals surface area contributed by atoms with E-state index >= 15 is 0 Å². The van der Waals surface area contributed by atoms with Crippen molar-refractivity contribution in [1.29, 1.82) is 0 Å². The summed E-state index contributed by atoms with van der Waals surface area (Å²) >= 11 is 0. The standard InChI is InChI=1S/C12H12N2/c1-2-3-6-9-14-12-8-5-4-7-11(12)10-13-14/h1,4-5,7-8,10H,3,6,9H2. The zero-order chi connectivity index (χ0) is 9.80. The van der Waals surface area contributed by atoms with Crippen LogP contribution in [0.4, 0.5) is 0 Å². The van der Waals surface area contributed by atoms with Gasteiger partial charge in [0.1, 0.15) is 0 Å². The fourth-order valence-corrected chi connectivity index (χ4v) is 1.53. The Labute approximate surface area is 83.5 Å². The van der Waals surface area contributed by atoms with Gasteiger partial charge < -0.3 is 0 Å². The third kappa shape index (κ3) is 1.62. The van der Waals surface area contributed by atoms with Gasteiger partial charge in [-0.3, -0.25) is 4.68 Å². The van der Waals surface area contributed by atoms with Gasteiger partial charge in [-0.25, -0.2) is 0 Å². The molecule has 2 nitrogen and oxygen atoms in total. The molecule has 0 spiro atoms. The molecule has 14 heavy (non-hydrogen) atoms. The van der Waals surface area contributed by atoms with E-state index in [-0.39, 0.29) is 0 Å². The molecule has 0 unspecified atom stereocenters. The lowest BCUT2D eigenvalue weighted by Gasteiger charge is -2.00. The van der Waals surface area contributed by atoms with Crippen LogP contribution in [0.5, 0.6) is 0 Å². The minimum Gasteiger partial charge on any atom is -0.265 e. The Balaban J connectivity index is 2.22. The maximum atomic E-state index is 5.20. The van der Waals surface area contributed by atoms with E-state index in [1.54, 1.807) is 0 Å². The van der Waals surface area contributed by atoms with Crippen LogP contribution in [0.25, 0.3) is 10.9 Å². The van der Waals surface area contributed by atoms with E-state index < -0.39 is 0 Å². The first-order valence-electron chi connectivity index (χ1n) is 4.76. The molecule has 2 aromatic rings. The fraction of sp³-hybridized carbons (Fsp3) is 0.250. The second kappa shape index (κ2) is 3.97. The SMILES string of the molecule is C#CCCCn1ncc2ccccc21. The summed E-state index contributed by atoms with van der Waals surface area (Å²) in [7, 11) is 0. The highest BCUT2D eigenvalue weighted by Gasteiger charge is 1.99. The first-order chi connectivity index (χ1) is 6.92. The lowest BCUT2D eigenvalue weighted by atomic mass is 10.2. The summed E-state index contributed by atoms with van der Waals surface area (Å²) in [4.78, 5) is 0. The molecule has 0 aliphatic rings. The Bertz CT molecular complexity index is 462. The Morgan fingerprint density at radius 1 is 1.36 bits per heavy atom. The minimum atomic E-state index is 0.814. The molecule has 0 fully saturated rings. The monoisotopic (exact) mass is 184 g/mol. The van der Waals surface area contributed by atoms with E-state index in [2.05, 4.69) is 23.2 Å². The van der Waals surface area contributed by atoms with Gasteiger partial charge in [0.05, 0.1) is 11.7 Å². The first-order valence-corrected chi connectivity index (χ1v) is 4.76. The highest BCUT2D eigenvalue weighted by atomic mass is 15.3. The second-order valence-corrected chi connectivity index (χ2v) is 3.23. The largest absolute Gasteiger partial charge is 0.265 e. The lowest BCUT2D eigenvalue weighted by molar-refractivity contribution is 0.605. The van der Waals surface area contributed by atoms with Gasteiger partial charge in [0.15, 0.2) is 0 Å². The van der Waals surface area contributed by atoms with Crippen LogP contribution in [-0.2, 0) is 6.54 Å². The van der Waals surface area contributed by atoms with Crippen LogP contribution in [0.15, 0.2) is 30.5 Å². The molecule has 1 aromatic heterocycles. The summed E-state index contributed by atoms with van der Waals surface area (Å²) in [5.74, 6) is 2.64. The molecule has 1 heterocycles. The predicted molar refractivity (Wildman–Crippen MR) is 57.8 cm³/mol. The number of aryl methyl sites for hydroxylation is 1. The number of hydrogen-bond acceptors (Lipinski definition) is 1. The first kappa shape index (κ1) is 8.83. The van der Waals surface area contributed by atoms with Crippen LogP contribution in [-0.4, -0.2) is 9.78 Å². The number of aromatic nitrogens is 2. The predicted octanol–water partition coefficient (Wildman–Crippen LogP) is 2.45. The number of para-hydroxylation sites is 1. The summed E-state index contributed by atoms with van der Waals surface area (Å²) in [6.07, 6.45) is 8.90. The molecule has 1 aromatic carbocycles. The molecule has 0 saturated carbocycles. The van der Waals surface area contributed by atoms with Crippen LogP contribution >= 0.6 is 0 Å². The third-order valence-corrected chi connectivity index (χ3v) is 2.24. The van der Waals surface area contributed by atoms with Crippen molar-refractivity contribution in [3.05, 3.63) is 30.5 Å². The number of rotatable bonds is 3. The molecule has 2 heteroatoms. The van der Waals surface area contributed by atoms with Gasteiger partial charge in [0.25, 0.3) is 0 Å². The summed E-state index contributed by atoms with van der Waals surface area (Å²) in [5, 5.41) is 5.50. The molecule has 0 aliphatic heterocycles. The highest BCUT2D eigenvalue weighted by Crippen LogP contribution is 2.12. The van der Waals surface area contributed by atoms with Crippen molar-refractivity contribution < 1.29 is 0 Å². The number of fused-ring (bicyclic) bond motifs is 1. The Morgan fingerprint density at radius 2 is 2.21 bits per heavy atom. The number of unbranched alkanes of at least 4 members (excludes halogenated alkanes) is 1. The normalized spacial score (nSPS) is 10.2. The number of terminal acetylenes is 1. The highest BCUT2D eigenvalue weighted by molar-refractivity contribution is 5.78. The molecule has 0 N–H and O–H groups in total. The summed E-state index contributed by atoms with van der Waals surface area (Å²) < 4.78 is 2.01. The smallest absolute Gasteiger partial charge is 0.0682 e. The zero-order valence-electron chi connectivity index (χ0n) is 7.98. The van der Waals surface area contributed by atoms with Crippen molar-refractivity contribution in [1.82, 2.24) is 9.78 Å². The van der Waals surface area contributed by atoms with Crippen LogP contribution in [0, 0.1) is 12.3 Å². The van der Waals surface area contributed by atoms with Gasteiger partial charge in [0.2, 0.25) is 0 Å². The van der Waals surface area contributed by atoms with Crippen molar-refractivity contribution in [2.24, 2.45) is 0 Å². The number of hydrogen-bond donors (Lipinski definition) is 0. The quantitative estimate of drug-likeness (QED) is 0.529. The van der Waals surface area contributed by atoms with Gasteiger partial charge >= 0.3 is 0 Å². The average Bonchev–Trinajstić information content (AvgIpc) is 2.63. The van der Waals surface area contributed by atoms with Crippen molar-refractivity contribution >= 4 is 10.9 Å². The van der Waals surface area contributed by atoms with Crippen LogP contribution in [0.2, 0.25) is 0 Å². The molecule has 0 aliphatic carbocycles. The maximum absolute atomic E-state index is 5.20. The maximum Gasteiger partial charge on any atom is 0.0682 e. The van der Waals surface area contributed by atoms with E-state index in [4.69, 9.17) is 6.42 Å². The van der Waals surface area contributed by atoms with Crippen molar-refractivity contribution in [2.45, 2.75) is 19.4 Å². The summed E-state index contributed by atoms with van der Waals surface area (Å²) in [5.41, 5.74) is 1.18. The summed E-state index contributed by atoms with van der Waals surface area (Å²) in [6.45, 7) is 0.901. The van der Waals surface area contributed by atoms with Crippen LogP contribution in [0.3, 0.4) is 0 Å². The van der Waals surface area contributed by atoms with E-state index in [9.17, 15) is 0 Å². The second-order valence-electron chi connectivity index (χ2n) is 3.23. The Kier molecular flexibility index (Phi) is 2.51. The van der Waals surface area contributed by atoms with Gasteiger partial charge in [-0.1, -0.05) is 18.2 Å². The van der Waals surface area contributed by atoms with Gasteiger partial charge in [-0.05, 0) is 12.5 Å². The van der Waals surface area contributed by atoms with Crippen molar-refractivity contribution in [3.8, 4) is 12.3 Å². The topological polar surface area (TPSA) is 17.8 Å². The molecule has 0 saturated heterocycles. The fourth-order valence-electron chi connectivity index (χ4n) is 1.53. The van der Waals surface area contributed by atoms with Gasteiger partial charge in [0, 0.05) is 18.4 Å². The molecule has 70 valence electrons. The van der Waals surface area contributed by atoms with Crippen LogP contribution < -0.4 is 0 Å². The Hall–Kier alpha value is -1.75.